The van der Waals surface area contributed by atoms with E-state index in [0.717, 1.165) is 6.54 Å². The highest BCUT2D eigenvalue weighted by atomic mass is 16.6. The van der Waals surface area contributed by atoms with Gasteiger partial charge in [0, 0.05) is 24.7 Å². The van der Waals surface area contributed by atoms with Crippen molar-refractivity contribution >= 4 is 5.69 Å². The molecule has 0 bridgehead atoms. The van der Waals surface area contributed by atoms with E-state index in [-0.39, 0.29) is 11.7 Å². The molecule has 2 aromatic rings. The largest absolute Gasteiger partial charge is 0.388 e. The van der Waals surface area contributed by atoms with E-state index in [1.165, 1.54) is 23.3 Å². The number of rotatable bonds is 4. The van der Waals surface area contributed by atoms with Gasteiger partial charge >= 0.3 is 0 Å². The van der Waals surface area contributed by atoms with Crippen LogP contribution in [0.1, 0.15) is 35.3 Å². The van der Waals surface area contributed by atoms with E-state index in [9.17, 15) is 15.2 Å². The first-order valence-corrected chi connectivity index (χ1v) is 7.26. The number of fused-ring (bicyclic) bond motifs is 1. The molecule has 0 spiro atoms. The van der Waals surface area contributed by atoms with Crippen LogP contribution in [0.25, 0.3) is 0 Å². The third kappa shape index (κ3) is 2.73. The van der Waals surface area contributed by atoms with Crippen molar-refractivity contribution < 1.29 is 10.0 Å². The Morgan fingerprint density at radius 1 is 1.27 bits per heavy atom. The third-order valence-corrected chi connectivity index (χ3v) is 4.30. The number of hydrogen-bond donors (Lipinski definition) is 1. The molecule has 114 valence electrons. The highest BCUT2D eigenvalue weighted by Gasteiger charge is 2.29. The molecule has 0 aromatic heterocycles. The lowest BCUT2D eigenvalue weighted by atomic mass is 9.96. The molecule has 22 heavy (non-hydrogen) atoms. The molecule has 0 saturated heterocycles. The molecule has 0 aliphatic carbocycles. The molecule has 0 unspecified atom stereocenters. The maximum atomic E-state index is 10.7. The molecule has 1 heterocycles. The van der Waals surface area contributed by atoms with Gasteiger partial charge in [-0.3, -0.25) is 15.0 Å². The van der Waals surface area contributed by atoms with Crippen LogP contribution in [0.4, 0.5) is 5.69 Å². The average molecular weight is 298 g/mol. The second-order valence-electron chi connectivity index (χ2n) is 5.73. The van der Waals surface area contributed by atoms with Crippen molar-refractivity contribution in [2.45, 2.75) is 25.1 Å². The fraction of sp³-hybridized carbons (Fsp3) is 0.294. The van der Waals surface area contributed by atoms with Gasteiger partial charge in [0.25, 0.3) is 5.69 Å². The summed E-state index contributed by atoms with van der Waals surface area (Å²) in [5.41, 5.74) is 3.31. The molecule has 0 radical (unpaired) electrons. The Balaban J connectivity index is 1.77. The van der Waals surface area contributed by atoms with Gasteiger partial charge in [-0.1, -0.05) is 24.3 Å². The molecular formula is C17H18N2O3. The average Bonchev–Trinajstić information content (AvgIpc) is 2.83. The molecule has 1 N–H and O–H groups in total. The lowest BCUT2D eigenvalue weighted by molar-refractivity contribution is -0.384. The van der Waals surface area contributed by atoms with Gasteiger partial charge in [0.05, 0.1) is 11.0 Å². The van der Waals surface area contributed by atoms with Crippen molar-refractivity contribution in [2.75, 3.05) is 7.05 Å². The van der Waals surface area contributed by atoms with Crippen LogP contribution in [0.3, 0.4) is 0 Å². The van der Waals surface area contributed by atoms with E-state index in [1.807, 2.05) is 19.2 Å². The van der Waals surface area contributed by atoms with Gasteiger partial charge in [-0.25, -0.2) is 0 Å². The van der Waals surface area contributed by atoms with Crippen LogP contribution < -0.4 is 0 Å². The van der Waals surface area contributed by atoms with Crippen LogP contribution >= 0.6 is 0 Å². The molecule has 5 heteroatoms. The summed E-state index contributed by atoms with van der Waals surface area (Å²) < 4.78 is 0. The standard InChI is InChI=1S/C17H18N2O3/c1-18-11-13-4-2-3-5-15(13)16(18)10-17(20)12-6-8-14(9-7-12)19(21)22/h2-9,16-17,20H,10-11H2,1H3/t16-,17+/m1/s1. The van der Waals surface area contributed by atoms with Crippen molar-refractivity contribution in [2.24, 2.45) is 0 Å². The van der Waals surface area contributed by atoms with Crippen LogP contribution in [0.2, 0.25) is 0 Å². The zero-order valence-electron chi connectivity index (χ0n) is 12.3. The summed E-state index contributed by atoms with van der Waals surface area (Å²) in [6.45, 7) is 0.883. The van der Waals surface area contributed by atoms with Crippen molar-refractivity contribution in [1.82, 2.24) is 4.90 Å². The minimum atomic E-state index is -0.639. The van der Waals surface area contributed by atoms with Crippen LogP contribution in [0, 0.1) is 10.1 Å². The molecule has 1 aliphatic heterocycles. The fourth-order valence-corrected chi connectivity index (χ4v) is 3.09. The van der Waals surface area contributed by atoms with Crippen molar-refractivity contribution in [1.29, 1.82) is 0 Å². The second kappa shape index (κ2) is 5.87. The van der Waals surface area contributed by atoms with Gasteiger partial charge in [-0.2, -0.15) is 0 Å². The highest BCUT2D eigenvalue weighted by molar-refractivity contribution is 5.36. The van der Waals surface area contributed by atoms with Crippen molar-refractivity contribution in [3.8, 4) is 0 Å². The topological polar surface area (TPSA) is 66.6 Å². The molecule has 0 amide bonds. The SMILES string of the molecule is CN1Cc2ccccc2[C@H]1C[C@H](O)c1ccc([N+](=O)[O-])cc1. The molecule has 0 saturated carbocycles. The van der Waals surface area contributed by atoms with Gasteiger partial charge in [-0.15, -0.1) is 0 Å². The highest BCUT2D eigenvalue weighted by Crippen LogP contribution is 2.38. The van der Waals surface area contributed by atoms with E-state index in [0.29, 0.717) is 12.0 Å². The normalized spacial score (nSPS) is 18.9. The number of hydrogen-bond acceptors (Lipinski definition) is 4. The number of non-ortho nitro benzene ring substituents is 1. The van der Waals surface area contributed by atoms with Crippen LogP contribution in [-0.2, 0) is 6.54 Å². The molecule has 3 rings (SSSR count). The van der Waals surface area contributed by atoms with E-state index in [1.54, 1.807) is 12.1 Å². The lowest BCUT2D eigenvalue weighted by Gasteiger charge is -2.23. The predicted octanol–water partition coefficient (Wildman–Crippen LogP) is 3.21. The van der Waals surface area contributed by atoms with Gasteiger partial charge in [0.2, 0.25) is 0 Å². The molecule has 2 atom stereocenters. The number of aliphatic hydroxyl groups is 1. The van der Waals surface area contributed by atoms with Crippen LogP contribution in [0.15, 0.2) is 48.5 Å². The lowest BCUT2D eigenvalue weighted by Crippen LogP contribution is -2.19. The molecule has 2 aromatic carbocycles. The Morgan fingerprint density at radius 3 is 2.64 bits per heavy atom. The summed E-state index contributed by atoms with van der Waals surface area (Å²) in [6, 6.07) is 14.6. The smallest absolute Gasteiger partial charge is 0.269 e. The number of nitrogens with zero attached hydrogens (tertiary/aromatic N) is 2. The molecule has 5 nitrogen and oxygen atoms in total. The Hall–Kier alpha value is -2.24. The summed E-state index contributed by atoms with van der Waals surface area (Å²) in [5, 5.41) is 21.1. The second-order valence-corrected chi connectivity index (χ2v) is 5.73. The van der Waals surface area contributed by atoms with Crippen molar-refractivity contribution in [3.63, 3.8) is 0 Å². The summed E-state index contributed by atoms with van der Waals surface area (Å²) >= 11 is 0. The monoisotopic (exact) mass is 298 g/mol. The number of nitro groups is 1. The Morgan fingerprint density at radius 2 is 1.95 bits per heavy atom. The van der Waals surface area contributed by atoms with E-state index < -0.39 is 11.0 Å². The van der Waals surface area contributed by atoms with Gasteiger partial charge in [0.15, 0.2) is 0 Å². The van der Waals surface area contributed by atoms with E-state index in [2.05, 4.69) is 17.0 Å². The van der Waals surface area contributed by atoms with E-state index >= 15 is 0 Å². The summed E-state index contributed by atoms with van der Waals surface area (Å²) in [5.74, 6) is 0. The first kappa shape index (κ1) is 14.7. The van der Waals surface area contributed by atoms with Gasteiger partial charge < -0.3 is 5.11 Å². The molecule has 0 fully saturated rings. The minimum Gasteiger partial charge on any atom is -0.388 e. The summed E-state index contributed by atoms with van der Waals surface area (Å²) in [7, 11) is 2.05. The Kier molecular flexibility index (Phi) is 3.92. The maximum Gasteiger partial charge on any atom is 0.269 e. The summed E-state index contributed by atoms with van der Waals surface area (Å²) in [4.78, 5) is 12.5. The van der Waals surface area contributed by atoms with E-state index in [4.69, 9.17) is 0 Å². The third-order valence-electron chi connectivity index (χ3n) is 4.30. The van der Waals surface area contributed by atoms with Crippen LogP contribution in [-0.4, -0.2) is 22.0 Å². The molecular weight excluding hydrogens is 280 g/mol. The summed E-state index contributed by atoms with van der Waals surface area (Å²) in [6.07, 6.45) is -0.0647. The quantitative estimate of drug-likeness (QED) is 0.695. The number of aliphatic hydroxyl groups excluding tert-OH is 1. The number of nitro benzene ring substituents is 1. The first-order chi connectivity index (χ1) is 10.6. The van der Waals surface area contributed by atoms with Crippen LogP contribution in [0.5, 0.6) is 0 Å². The first-order valence-electron chi connectivity index (χ1n) is 7.26. The zero-order valence-corrected chi connectivity index (χ0v) is 12.3. The van der Waals surface area contributed by atoms with Gasteiger partial charge in [-0.05, 0) is 42.3 Å². The van der Waals surface area contributed by atoms with Crippen molar-refractivity contribution in [3.05, 3.63) is 75.3 Å². The number of benzene rings is 2. The Bertz CT molecular complexity index is 685. The maximum absolute atomic E-state index is 10.7. The fourth-order valence-electron chi connectivity index (χ4n) is 3.09. The Labute approximate surface area is 129 Å². The minimum absolute atomic E-state index is 0.0410. The van der Waals surface area contributed by atoms with Gasteiger partial charge in [0.1, 0.15) is 0 Å². The predicted molar refractivity (Wildman–Crippen MR) is 83.3 cm³/mol. The molecule has 1 aliphatic rings. The zero-order chi connectivity index (χ0) is 15.7.